The first kappa shape index (κ1) is 10.2. The molecule has 0 aliphatic heterocycles. The quantitative estimate of drug-likeness (QED) is 0.847. The van der Waals surface area contributed by atoms with E-state index >= 15 is 0 Å². The van der Waals surface area contributed by atoms with Crippen molar-refractivity contribution in [3.05, 3.63) is 50.3 Å². The molecule has 2 rings (SSSR count). The molecular weight excluding hydrogens is 256 g/mol. The van der Waals surface area contributed by atoms with Gasteiger partial charge in [-0.05, 0) is 41.9 Å². The number of para-hydroxylation sites is 1. The number of H-pyrrole nitrogens is 1. The van der Waals surface area contributed by atoms with Crippen LogP contribution in [0.2, 0.25) is 0 Å². The van der Waals surface area contributed by atoms with Crippen molar-refractivity contribution in [1.82, 2.24) is 9.78 Å². The third kappa shape index (κ3) is 1.65. The zero-order valence-electron chi connectivity index (χ0n) is 8.54. The highest BCUT2D eigenvalue weighted by molar-refractivity contribution is 9.10. The van der Waals surface area contributed by atoms with E-state index in [1.54, 1.807) is 4.68 Å². The predicted octanol–water partition coefficient (Wildman–Crippen LogP) is 2.54. The van der Waals surface area contributed by atoms with E-state index in [-0.39, 0.29) is 5.56 Å². The predicted molar refractivity (Wildman–Crippen MR) is 63.6 cm³/mol. The molecule has 0 aliphatic carbocycles. The zero-order chi connectivity index (χ0) is 11.0. The average molecular weight is 267 g/mol. The maximum atomic E-state index is 11.9. The van der Waals surface area contributed by atoms with Crippen LogP contribution in [0.4, 0.5) is 0 Å². The second kappa shape index (κ2) is 3.70. The molecule has 0 saturated heterocycles. The molecule has 15 heavy (non-hydrogen) atoms. The number of aryl methyl sites for hydroxylation is 1. The topological polar surface area (TPSA) is 37.8 Å². The molecule has 1 heterocycles. The molecule has 0 unspecified atom stereocenters. The minimum atomic E-state index is -0.000556. The van der Waals surface area contributed by atoms with Crippen LogP contribution >= 0.6 is 15.9 Å². The first-order valence-corrected chi connectivity index (χ1v) is 5.43. The maximum Gasteiger partial charge on any atom is 0.274 e. The first-order chi connectivity index (χ1) is 7.11. The lowest BCUT2D eigenvalue weighted by Crippen LogP contribution is -2.16. The number of halogens is 1. The Labute approximate surface area is 95.9 Å². The van der Waals surface area contributed by atoms with E-state index in [1.165, 1.54) is 0 Å². The fourth-order valence-corrected chi connectivity index (χ4v) is 1.90. The first-order valence-electron chi connectivity index (χ1n) is 4.64. The van der Waals surface area contributed by atoms with Crippen molar-refractivity contribution in [3.8, 4) is 5.69 Å². The van der Waals surface area contributed by atoms with Gasteiger partial charge in [0, 0.05) is 15.7 Å². The highest BCUT2D eigenvalue weighted by Gasteiger charge is 2.09. The van der Waals surface area contributed by atoms with E-state index < -0.39 is 0 Å². The SMILES string of the molecule is Cc1[nH]n(-c2ccccc2Br)c(=O)c1C. The second-order valence-corrected chi connectivity index (χ2v) is 4.31. The summed E-state index contributed by atoms with van der Waals surface area (Å²) in [6.07, 6.45) is 0. The lowest BCUT2D eigenvalue weighted by molar-refractivity contribution is 0.831. The minimum absolute atomic E-state index is 0.000556. The summed E-state index contributed by atoms with van der Waals surface area (Å²) in [7, 11) is 0. The summed E-state index contributed by atoms with van der Waals surface area (Å²) in [5.41, 5.74) is 2.49. The number of aromatic amines is 1. The van der Waals surface area contributed by atoms with Crippen LogP contribution in [0, 0.1) is 13.8 Å². The lowest BCUT2D eigenvalue weighted by Gasteiger charge is -2.03. The highest BCUT2D eigenvalue weighted by atomic mass is 79.9. The third-order valence-electron chi connectivity index (χ3n) is 2.46. The molecule has 1 aromatic carbocycles. The molecule has 0 fully saturated rings. The molecule has 0 radical (unpaired) electrons. The van der Waals surface area contributed by atoms with Gasteiger partial charge in [-0.25, -0.2) is 4.68 Å². The average Bonchev–Trinajstić information content (AvgIpc) is 2.47. The molecule has 0 amide bonds. The Hall–Kier alpha value is -1.29. The van der Waals surface area contributed by atoms with Crippen LogP contribution in [0.25, 0.3) is 5.69 Å². The van der Waals surface area contributed by atoms with E-state index in [0.717, 1.165) is 21.4 Å². The normalized spacial score (nSPS) is 10.6. The van der Waals surface area contributed by atoms with Gasteiger partial charge < -0.3 is 0 Å². The van der Waals surface area contributed by atoms with Crippen molar-refractivity contribution in [2.24, 2.45) is 0 Å². The number of aromatic nitrogens is 2. The lowest BCUT2D eigenvalue weighted by atomic mass is 10.3. The van der Waals surface area contributed by atoms with Crippen LogP contribution < -0.4 is 5.56 Å². The highest BCUT2D eigenvalue weighted by Crippen LogP contribution is 2.18. The Balaban J connectivity index is 2.70. The Morgan fingerprint density at radius 3 is 2.47 bits per heavy atom. The molecular formula is C11H11BrN2O. The van der Waals surface area contributed by atoms with Crippen molar-refractivity contribution in [2.45, 2.75) is 13.8 Å². The Bertz CT molecular complexity index is 554. The Morgan fingerprint density at radius 2 is 1.93 bits per heavy atom. The monoisotopic (exact) mass is 266 g/mol. The van der Waals surface area contributed by atoms with Gasteiger partial charge in [0.05, 0.1) is 5.69 Å². The zero-order valence-corrected chi connectivity index (χ0v) is 10.1. The summed E-state index contributed by atoms with van der Waals surface area (Å²) in [5.74, 6) is 0. The van der Waals surface area contributed by atoms with Crippen LogP contribution in [0.15, 0.2) is 33.5 Å². The molecule has 0 aliphatic rings. The van der Waals surface area contributed by atoms with Crippen molar-refractivity contribution in [1.29, 1.82) is 0 Å². The van der Waals surface area contributed by atoms with Gasteiger partial charge in [-0.1, -0.05) is 12.1 Å². The van der Waals surface area contributed by atoms with Gasteiger partial charge in [0.1, 0.15) is 0 Å². The van der Waals surface area contributed by atoms with Crippen molar-refractivity contribution in [2.75, 3.05) is 0 Å². The number of hydrogen-bond donors (Lipinski definition) is 1. The number of rotatable bonds is 1. The van der Waals surface area contributed by atoms with Gasteiger partial charge in [-0.3, -0.25) is 9.89 Å². The van der Waals surface area contributed by atoms with Crippen LogP contribution in [0.5, 0.6) is 0 Å². The van der Waals surface area contributed by atoms with E-state index in [2.05, 4.69) is 21.0 Å². The van der Waals surface area contributed by atoms with E-state index in [0.29, 0.717) is 0 Å². The number of nitrogens with one attached hydrogen (secondary N) is 1. The van der Waals surface area contributed by atoms with Crippen LogP contribution in [-0.4, -0.2) is 9.78 Å². The number of hydrogen-bond acceptors (Lipinski definition) is 1. The molecule has 0 atom stereocenters. The fraction of sp³-hybridized carbons (Fsp3) is 0.182. The molecule has 0 spiro atoms. The smallest absolute Gasteiger partial charge is 0.274 e. The van der Waals surface area contributed by atoms with Gasteiger partial charge in [0.15, 0.2) is 0 Å². The molecule has 3 nitrogen and oxygen atoms in total. The Kier molecular flexibility index (Phi) is 2.52. The molecule has 1 N–H and O–H groups in total. The molecule has 78 valence electrons. The van der Waals surface area contributed by atoms with Crippen molar-refractivity contribution >= 4 is 15.9 Å². The van der Waals surface area contributed by atoms with Crippen LogP contribution in [0.1, 0.15) is 11.3 Å². The van der Waals surface area contributed by atoms with Crippen molar-refractivity contribution < 1.29 is 0 Å². The van der Waals surface area contributed by atoms with Crippen LogP contribution in [-0.2, 0) is 0 Å². The standard InChI is InChI=1S/C11H11BrN2O/c1-7-8(2)13-14(11(7)15)10-6-4-3-5-9(10)12/h3-6,13H,1-2H3. The number of benzene rings is 1. The van der Waals surface area contributed by atoms with Gasteiger partial charge in [-0.15, -0.1) is 0 Å². The van der Waals surface area contributed by atoms with Crippen LogP contribution in [0.3, 0.4) is 0 Å². The fourth-order valence-electron chi connectivity index (χ4n) is 1.43. The molecule has 4 heteroatoms. The largest absolute Gasteiger partial charge is 0.295 e. The second-order valence-electron chi connectivity index (χ2n) is 3.45. The van der Waals surface area contributed by atoms with Gasteiger partial charge in [0.25, 0.3) is 5.56 Å². The molecule has 2 aromatic rings. The summed E-state index contributed by atoms with van der Waals surface area (Å²) in [6, 6.07) is 7.62. The maximum absolute atomic E-state index is 11.9. The minimum Gasteiger partial charge on any atom is -0.295 e. The van der Waals surface area contributed by atoms with Crippen molar-refractivity contribution in [3.63, 3.8) is 0 Å². The Morgan fingerprint density at radius 1 is 1.27 bits per heavy atom. The van der Waals surface area contributed by atoms with E-state index in [9.17, 15) is 4.79 Å². The summed E-state index contributed by atoms with van der Waals surface area (Å²) in [5, 5.41) is 3.04. The number of nitrogens with zero attached hydrogens (tertiary/aromatic N) is 1. The molecule has 1 aromatic heterocycles. The summed E-state index contributed by atoms with van der Waals surface area (Å²) in [4.78, 5) is 11.9. The summed E-state index contributed by atoms with van der Waals surface area (Å²) >= 11 is 3.42. The van der Waals surface area contributed by atoms with Gasteiger partial charge in [-0.2, -0.15) is 0 Å². The summed E-state index contributed by atoms with van der Waals surface area (Å²) in [6.45, 7) is 3.71. The van der Waals surface area contributed by atoms with E-state index in [1.807, 2.05) is 38.1 Å². The molecule has 0 bridgehead atoms. The third-order valence-corrected chi connectivity index (χ3v) is 3.13. The van der Waals surface area contributed by atoms with E-state index in [4.69, 9.17) is 0 Å². The summed E-state index contributed by atoms with van der Waals surface area (Å²) < 4.78 is 2.45. The van der Waals surface area contributed by atoms with Gasteiger partial charge >= 0.3 is 0 Å². The van der Waals surface area contributed by atoms with Gasteiger partial charge in [0.2, 0.25) is 0 Å². The molecule has 0 saturated carbocycles.